The number of aromatic nitrogens is 2. The first-order valence-electron chi connectivity index (χ1n) is 9.31. The van der Waals surface area contributed by atoms with E-state index < -0.39 is 0 Å². The van der Waals surface area contributed by atoms with E-state index in [-0.39, 0.29) is 11.7 Å². The minimum absolute atomic E-state index is 0.0728. The van der Waals surface area contributed by atoms with Crippen LogP contribution in [0.1, 0.15) is 5.76 Å². The molecule has 0 saturated carbocycles. The van der Waals surface area contributed by atoms with Crippen molar-refractivity contribution in [2.24, 2.45) is 0 Å². The summed E-state index contributed by atoms with van der Waals surface area (Å²) in [5.74, 6) is 2.31. The zero-order valence-corrected chi connectivity index (χ0v) is 17.1. The summed E-state index contributed by atoms with van der Waals surface area (Å²) in [6, 6.07) is 9.77. The SMILES string of the molecule is COc1ccc(N2CCN(C(=O)CSc3nnc(-c4ccoc4C)o3)CC2)cc1. The van der Waals surface area contributed by atoms with E-state index in [0.29, 0.717) is 24.2 Å². The quantitative estimate of drug-likeness (QED) is 0.569. The lowest BCUT2D eigenvalue weighted by molar-refractivity contribution is -0.128. The summed E-state index contributed by atoms with van der Waals surface area (Å²) < 4.78 is 16.1. The fourth-order valence-electron chi connectivity index (χ4n) is 3.21. The number of piperazine rings is 1. The molecule has 3 heterocycles. The molecule has 4 rings (SSSR count). The highest BCUT2D eigenvalue weighted by Crippen LogP contribution is 2.26. The van der Waals surface area contributed by atoms with E-state index in [2.05, 4.69) is 15.1 Å². The smallest absolute Gasteiger partial charge is 0.277 e. The van der Waals surface area contributed by atoms with Crippen molar-refractivity contribution in [1.29, 1.82) is 0 Å². The number of carbonyl (C=O) groups is 1. The number of nitrogens with zero attached hydrogens (tertiary/aromatic N) is 4. The number of hydrogen-bond acceptors (Lipinski definition) is 8. The molecule has 29 heavy (non-hydrogen) atoms. The van der Waals surface area contributed by atoms with Crippen LogP contribution in [0.25, 0.3) is 11.5 Å². The Morgan fingerprint density at radius 3 is 2.55 bits per heavy atom. The first kappa shape index (κ1) is 19.4. The largest absolute Gasteiger partial charge is 0.497 e. The Kier molecular flexibility index (Phi) is 5.75. The molecular formula is C20H22N4O4S. The fourth-order valence-corrected chi connectivity index (χ4v) is 3.87. The van der Waals surface area contributed by atoms with Crippen molar-refractivity contribution in [3.05, 3.63) is 42.4 Å². The molecule has 1 fully saturated rings. The first-order valence-corrected chi connectivity index (χ1v) is 10.3. The highest BCUT2D eigenvalue weighted by molar-refractivity contribution is 7.99. The lowest BCUT2D eigenvalue weighted by Gasteiger charge is -2.36. The molecule has 152 valence electrons. The molecule has 9 heteroatoms. The van der Waals surface area contributed by atoms with Crippen molar-refractivity contribution >= 4 is 23.4 Å². The molecule has 8 nitrogen and oxygen atoms in total. The van der Waals surface area contributed by atoms with Gasteiger partial charge in [-0.3, -0.25) is 4.79 Å². The molecule has 0 bridgehead atoms. The molecule has 0 aliphatic carbocycles. The Labute approximate surface area is 172 Å². The lowest BCUT2D eigenvalue weighted by atomic mass is 10.2. The second-order valence-electron chi connectivity index (χ2n) is 6.62. The van der Waals surface area contributed by atoms with Gasteiger partial charge in [0, 0.05) is 31.9 Å². The number of carbonyl (C=O) groups excluding carboxylic acids is 1. The molecule has 2 aromatic heterocycles. The van der Waals surface area contributed by atoms with Crippen LogP contribution < -0.4 is 9.64 Å². The minimum atomic E-state index is 0.0728. The second-order valence-corrected chi connectivity index (χ2v) is 7.54. The number of amides is 1. The Bertz CT molecular complexity index is 961. The van der Waals surface area contributed by atoms with Crippen LogP contribution in [0.5, 0.6) is 5.75 Å². The molecule has 1 aliphatic rings. The van der Waals surface area contributed by atoms with E-state index in [4.69, 9.17) is 13.6 Å². The minimum Gasteiger partial charge on any atom is -0.497 e. The molecule has 0 radical (unpaired) electrons. The average Bonchev–Trinajstić information content (AvgIpc) is 3.41. The average molecular weight is 414 g/mol. The monoisotopic (exact) mass is 414 g/mol. The highest BCUT2D eigenvalue weighted by atomic mass is 32.2. The zero-order chi connectivity index (χ0) is 20.2. The topological polar surface area (TPSA) is 84.8 Å². The van der Waals surface area contributed by atoms with Gasteiger partial charge in [0.15, 0.2) is 0 Å². The highest BCUT2D eigenvalue weighted by Gasteiger charge is 2.22. The number of anilines is 1. The Morgan fingerprint density at radius 1 is 1.14 bits per heavy atom. The second kappa shape index (κ2) is 8.60. The predicted molar refractivity (Wildman–Crippen MR) is 109 cm³/mol. The van der Waals surface area contributed by atoms with Crippen molar-refractivity contribution < 1.29 is 18.4 Å². The maximum atomic E-state index is 12.6. The Balaban J connectivity index is 1.27. The summed E-state index contributed by atoms with van der Waals surface area (Å²) in [6.07, 6.45) is 1.58. The van der Waals surface area contributed by atoms with Crippen LogP contribution >= 0.6 is 11.8 Å². The maximum absolute atomic E-state index is 12.6. The molecule has 3 aromatic rings. The molecule has 0 N–H and O–H groups in total. The van der Waals surface area contributed by atoms with Crippen molar-refractivity contribution in [3.63, 3.8) is 0 Å². The van der Waals surface area contributed by atoms with Crippen molar-refractivity contribution in [1.82, 2.24) is 15.1 Å². The van der Waals surface area contributed by atoms with Gasteiger partial charge in [-0.1, -0.05) is 11.8 Å². The van der Waals surface area contributed by atoms with Gasteiger partial charge in [0.1, 0.15) is 11.5 Å². The van der Waals surface area contributed by atoms with Gasteiger partial charge < -0.3 is 23.4 Å². The summed E-state index contributed by atoms with van der Waals surface area (Å²) in [7, 11) is 1.66. The van der Waals surface area contributed by atoms with Gasteiger partial charge in [0.05, 0.1) is 24.7 Å². The van der Waals surface area contributed by atoms with E-state index in [9.17, 15) is 4.79 Å². The normalized spacial score (nSPS) is 14.3. The first-order chi connectivity index (χ1) is 14.1. The predicted octanol–water partition coefficient (Wildman–Crippen LogP) is 3.09. The molecular weight excluding hydrogens is 392 g/mol. The molecule has 0 unspecified atom stereocenters. The molecule has 0 spiro atoms. The van der Waals surface area contributed by atoms with Gasteiger partial charge in [-0.05, 0) is 37.3 Å². The van der Waals surface area contributed by atoms with E-state index in [0.717, 1.165) is 35.9 Å². The number of thioether (sulfide) groups is 1. The number of rotatable bonds is 6. The van der Waals surface area contributed by atoms with E-state index >= 15 is 0 Å². The summed E-state index contributed by atoms with van der Waals surface area (Å²) in [4.78, 5) is 16.7. The van der Waals surface area contributed by atoms with Crippen LogP contribution in [0.4, 0.5) is 5.69 Å². The van der Waals surface area contributed by atoms with Gasteiger partial charge in [-0.15, -0.1) is 10.2 Å². The summed E-state index contributed by atoms with van der Waals surface area (Å²) in [5.41, 5.74) is 1.91. The van der Waals surface area contributed by atoms with Crippen LogP contribution in [0, 0.1) is 6.92 Å². The summed E-state index contributed by atoms with van der Waals surface area (Å²) >= 11 is 1.26. The fraction of sp³-hybridized carbons (Fsp3) is 0.350. The standard InChI is InChI=1S/C20H22N4O4S/c1-14-17(7-12-27-14)19-21-22-20(28-19)29-13-18(25)24-10-8-23(9-11-24)15-3-5-16(26-2)6-4-15/h3-7,12H,8-11,13H2,1-2H3. The molecule has 1 saturated heterocycles. The third-order valence-corrected chi connectivity index (χ3v) is 5.69. The third-order valence-electron chi connectivity index (χ3n) is 4.88. The van der Waals surface area contributed by atoms with Crippen LogP contribution in [0.15, 0.2) is 50.7 Å². The maximum Gasteiger partial charge on any atom is 0.277 e. The lowest BCUT2D eigenvalue weighted by Crippen LogP contribution is -2.49. The molecule has 1 aliphatic heterocycles. The number of hydrogen-bond donors (Lipinski definition) is 0. The van der Waals surface area contributed by atoms with Crippen molar-refractivity contribution in [3.8, 4) is 17.2 Å². The summed E-state index contributed by atoms with van der Waals surface area (Å²) in [6.45, 7) is 4.81. The summed E-state index contributed by atoms with van der Waals surface area (Å²) in [5, 5.41) is 8.42. The van der Waals surface area contributed by atoms with E-state index in [1.54, 1.807) is 19.4 Å². The van der Waals surface area contributed by atoms with Crippen molar-refractivity contribution in [2.45, 2.75) is 12.1 Å². The Morgan fingerprint density at radius 2 is 1.90 bits per heavy atom. The van der Waals surface area contributed by atoms with Gasteiger partial charge >= 0.3 is 0 Å². The van der Waals surface area contributed by atoms with Crippen LogP contribution in [-0.2, 0) is 4.79 Å². The van der Waals surface area contributed by atoms with E-state index in [1.807, 2.05) is 36.1 Å². The number of methoxy groups -OCH3 is 1. The number of ether oxygens (including phenoxy) is 1. The molecule has 1 aromatic carbocycles. The number of furan rings is 1. The van der Waals surface area contributed by atoms with Gasteiger partial charge in [0.2, 0.25) is 5.91 Å². The zero-order valence-electron chi connectivity index (χ0n) is 16.3. The van der Waals surface area contributed by atoms with Crippen LogP contribution in [0.2, 0.25) is 0 Å². The van der Waals surface area contributed by atoms with Gasteiger partial charge in [0.25, 0.3) is 11.1 Å². The third kappa shape index (κ3) is 4.40. The Hall–Kier alpha value is -2.94. The van der Waals surface area contributed by atoms with Crippen LogP contribution in [0.3, 0.4) is 0 Å². The van der Waals surface area contributed by atoms with Crippen molar-refractivity contribution in [2.75, 3.05) is 43.9 Å². The number of benzene rings is 1. The van der Waals surface area contributed by atoms with E-state index in [1.165, 1.54) is 11.8 Å². The molecule has 1 amide bonds. The van der Waals surface area contributed by atoms with Crippen LogP contribution in [-0.4, -0.2) is 60.0 Å². The molecule has 0 atom stereocenters. The number of aryl methyl sites for hydroxylation is 1. The van der Waals surface area contributed by atoms with Gasteiger partial charge in [-0.25, -0.2) is 0 Å². The van der Waals surface area contributed by atoms with Gasteiger partial charge in [-0.2, -0.15) is 0 Å².